The lowest BCUT2D eigenvalue weighted by Gasteiger charge is -2.35. The van der Waals surface area contributed by atoms with E-state index in [9.17, 15) is 9.59 Å². The van der Waals surface area contributed by atoms with E-state index in [1.807, 2.05) is 34.9 Å². The lowest BCUT2D eigenvalue weighted by atomic mass is 10.1. The predicted molar refractivity (Wildman–Crippen MR) is 106 cm³/mol. The third kappa shape index (κ3) is 3.69. The number of carbonyl (C=O) groups is 2. The first-order chi connectivity index (χ1) is 13.6. The summed E-state index contributed by atoms with van der Waals surface area (Å²) in [5, 5.41) is 2.88. The van der Waals surface area contributed by atoms with Crippen molar-refractivity contribution >= 4 is 17.5 Å². The number of fused-ring (bicyclic) bond motifs is 1. The van der Waals surface area contributed by atoms with Crippen LogP contribution in [0.1, 0.15) is 35.4 Å². The molecule has 1 N–H and O–H groups in total. The van der Waals surface area contributed by atoms with E-state index in [-0.39, 0.29) is 17.9 Å². The fraction of sp³-hybridized carbons (Fsp3) is 0.286. The van der Waals surface area contributed by atoms with E-state index in [2.05, 4.69) is 20.9 Å². The van der Waals surface area contributed by atoms with E-state index in [0.29, 0.717) is 30.8 Å². The number of aryl methyl sites for hydroxylation is 1. The van der Waals surface area contributed by atoms with Gasteiger partial charge in [-0.25, -0.2) is 4.98 Å². The average Bonchev–Trinajstić information content (AvgIpc) is 3.38. The first-order valence-electron chi connectivity index (χ1n) is 9.43. The van der Waals surface area contributed by atoms with Crippen molar-refractivity contribution in [3.63, 3.8) is 0 Å². The summed E-state index contributed by atoms with van der Waals surface area (Å²) in [6, 6.07) is 11.2. The van der Waals surface area contributed by atoms with Gasteiger partial charge >= 0.3 is 0 Å². The van der Waals surface area contributed by atoms with Crippen LogP contribution in [0.3, 0.4) is 0 Å². The highest BCUT2D eigenvalue weighted by molar-refractivity contribution is 5.97. The number of hydrogen-bond acceptors (Lipinski definition) is 3. The van der Waals surface area contributed by atoms with E-state index in [0.717, 1.165) is 12.2 Å². The Morgan fingerprint density at radius 3 is 2.89 bits per heavy atom. The van der Waals surface area contributed by atoms with Crippen molar-refractivity contribution in [1.82, 2.24) is 19.0 Å². The highest BCUT2D eigenvalue weighted by Gasteiger charge is 2.28. The maximum atomic E-state index is 13.1. The van der Waals surface area contributed by atoms with E-state index < -0.39 is 0 Å². The van der Waals surface area contributed by atoms with Crippen LogP contribution < -0.4 is 5.32 Å². The van der Waals surface area contributed by atoms with Gasteiger partial charge in [0, 0.05) is 61.6 Å². The lowest BCUT2D eigenvalue weighted by Crippen LogP contribution is -2.40. The Bertz CT molecular complexity index is 976. The average molecular weight is 377 g/mol. The van der Waals surface area contributed by atoms with Gasteiger partial charge in [-0.05, 0) is 37.3 Å². The van der Waals surface area contributed by atoms with Gasteiger partial charge in [-0.15, -0.1) is 0 Å². The smallest absolute Gasteiger partial charge is 0.254 e. The van der Waals surface area contributed by atoms with Crippen molar-refractivity contribution in [1.29, 1.82) is 0 Å². The highest BCUT2D eigenvalue weighted by Crippen LogP contribution is 2.27. The lowest BCUT2D eigenvalue weighted by molar-refractivity contribution is -0.116. The van der Waals surface area contributed by atoms with Crippen molar-refractivity contribution < 1.29 is 9.59 Å². The van der Waals surface area contributed by atoms with Gasteiger partial charge in [0.25, 0.3) is 5.91 Å². The van der Waals surface area contributed by atoms with Crippen LogP contribution in [0.5, 0.6) is 0 Å². The van der Waals surface area contributed by atoms with Gasteiger partial charge < -0.3 is 19.4 Å². The molecule has 2 amide bonds. The van der Waals surface area contributed by atoms with Crippen molar-refractivity contribution in [3.05, 3.63) is 72.6 Å². The second-order valence-corrected chi connectivity index (χ2v) is 6.98. The molecule has 3 aromatic rings. The number of carbonyl (C=O) groups excluding carboxylic acids is 2. The molecule has 1 aromatic carbocycles. The Morgan fingerprint density at radius 2 is 2.07 bits per heavy atom. The molecule has 0 saturated carbocycles. The number of imidazole rings is 1. The third-order valence-corrected chi connectivity index (χ3v) is 5.15. The molecule has 28 heavy (non-hydrogen) atoms. The van der Waals surface area contributed by atoms with Crippen molar-refractivity contribution in [3.8, 4) is 0 Å². The van der Waals surface area contributed by atoms with Gasteiger partial charge in [-0.1, -0.05) is 6.07 Å². The van der Waals surface area contributed by atoms with Gasteiger partial charge in [-0.2, -0.15) is 0 Å². The molecule has 2 aromatic heterocycles. The monoisotopic (exact) mass is 377 g/mol. The molecule has 0 fully saturated rings. The number of hydrogen-bond donors (Lipinski definition) is 1. The van der Waals surface area contributed by atoms with E-state index in [1.165, 1.54) is 0 Å². The minimum absolute atomic E-state index is 0.0182. The SMILES string of the molecule is CC1c2cccn2CCN1C(=O)c1cccc(NC(=O)CCn2ccnc2)c1. The molecule has 4 rings (SSSR count). The Kier molecular flexibility index (Phi) is 4.97. The van der Waals surface area contributed by atoms with Crippen LogP contribution in [-0.2, 0) is 17.9 Å². The number of rotatable bonds is 5. The Labute approximate surface area is 163 Å². The minimum atomic E-state index is -0.0949. The predicted octanol–water partition coefficient (Wildman–Crippen LogP) is 2.93. The number of aromatic nitrogens is 3. The molecule has 0 spiro atoms. The third-order valence-electron chi connectivity index (χ3n) is 5.15. The summed E-state index contributed by atoms with van der Waals surface area (Å²) < 4.78 is 4.04. The molecule has 0 aliphatic carbocycles. The zero-order valence-electron chi connectivity index (χ0n) is 15.8. The molecule has 1 unspecified atom stereocenters. The molecule has 0 radical (unpaired) electrons. The van der Waals surface area contributed by atoms with Gasteiger partial charge in [0.05, 0.1) is 12.4 Å². The summed E-state index contributed by atoms with van der Waals surface area (Å²) in [5.41, 5.74) is 2.36. The summed E-state index contributed by atoms with van der Waals surface area (Å²) in [6.45, 7) is 4.08. The van der Waals surface area contributed by atoms with Gasteiger partial charge in [0.15, 0.2) is 0 Å². The van der Waals surface area contributed by atoms with Crippen molar-refractivity contribution in [2.24, 2.45) is 0 Å². The van der Waals surface area contributed by atoms with Gasteiger partial charge in [0.2, 0.25) is 5.91 Å². The molecule has 144 valence electrons. The number of amides is 2. The van der Waals surface area contributed by atoms with E-state index >= 15 is 0 Å². The van der Waals surface area contributed by atoms with E-state index in [1.54, 1.807) is 36.8 Å². The number of benzene rings is 1. The molecular weight excluding hydrogens is 354 g/mol. The minimum Gasteiger partial charge on any atom is -0.348 e. The topological polar surface area (TPSA) is 72.2 Å². The largest absolute Gasteiger partial charge is 0.348 e. The van der Waals surface area contributed by atoms with Crippen LogP contribution in [0, 0.1) is 0 Å². The molecule has 0 bridgehead atoms. The number of anilines is 1. The van der Waals surface area contributed by atoms with Crippen LogP contribution in [0.4, 0.5) is 5.69 Å². The van der Waals surface area contributed by atoms with Crippen LogP contribution in [0.25, 0.3) is 0 Å². The summed E-state index contributed by atoms with van der Waals surface area (Å²) in [5.74, 6) is -0.114. The summed E-state index contributed by atoms with van der Waals surface area (Å²) in [7, 11) is 0. The molecule has 1 atom stereocenters. The Balaban J connectivity index is 1.42. The van der Waals surface area contributed by atoms with Crippen LogP contribution in [0.15, 0.2) is 61.3 Å². The van der Waals surface area contributed by atoms with E-state index in [4.69, 9.17) is 0 Å². The fourth-order valence-electron chi connectivity index (χ4n) is 3.63. The normalized spacial score (nSPS) is 15.9. The molecule has 0 saturated heterocycles. The summed E-state index contributed by atoms with van der Waals surface area (Å²) in [6.07, 6.45) is 7.58. The summed E-state index contributed by atoms with van der Waals surface area (Å²) >= 11 is 0. The maximum Gasteiger partial charge on any atom is 0.254 e. The standard InChI is InChI=1S/C21H23N5O2/c1-16-19-6-3-9-25(19)12-13-26(16)21(28)17-4-2-5-18(14-17)23-20(27)7-10-24-11-8-22-15-24/h2-6,8-9,11,14-16H,7,10,12-13H2,1H3,(H,23,27). The Morgan fingerprint density at radius 1 is 1.18 bits per heavy atom. The molecule has 3 heterocycles. The van der Waals surface area contributed by atoms with Crippen LogP contribution in [-0.4, -0.2) is 37.4 Å². The number of nitrogens with one attached hydrogen (secondary N) is 1. The van der Waals surface area contributed by atoms with Crippen molar-refractivity contribution in [2.45, 2.75) is 32.5 Å². The van der Waals surface area contributed by atoms with Gasteiger partial charge in [0.1, 0.15) is 0 Å². The molecule has 7 heteroatoms. The first-order valence-corrected chi connectivity index (χ1v) is 9.43. The first kappa shape index (κ1) is 18.0. The molecule has 1 aliphatic heterocycles. The molecular formula is C21H23N5O2. The quantitative estimate of drug-likeness (QED) is 0.743. The van der Waals surface area contributed by atoms with Crippen LogP contribution in [0.2, 0.25) is 0 Å². The zero-order chi connectivity index (χ0) is 19.5. The van der Waals surface area contributed by atoms with Crippen molar-refractivity contribution in [2.75, 3.05) is 11.9 Å². The highest BCUT2D eigenvalue weighted by atomic mass is 16.2. The maximum absolute atomic E-state index is 13.1. The number of nitrogens with zero attached hydrogens (tertiary/aromatic N) is 4. The molecule has 7 nitrogen and oxygen atoms in total. The fourth-order valence-corrected chi connectivity index (χ4v) is 3.63. The zero-order valence-corrected chi connectivity index (χ0v) is 15.8. The second kappa shape index (κ2) is 7.72. The van der Waals surface area contributed by atoms with Gasteiger partial charge in [-0.3, -0.25) is 9.59 Å². The Hall–Kier alpha value is -3.35. The second-order valence-electron chi connectivity index (χ2n) is 6.98. The summed E-state index contributed by atoms with van der Waals surface area (Å²) in [4.78, 5) is 31.1. The molecule has 1 aliphatic rings. The van der Waals surface area contributed by atoms with Crippen LogP contribution >= 0.6 is 0 Å².